The minimum atomic E-state index is -0.703. The van der Waals surface area contributed by atoms with Crippen molar-refractivity contribution in [3.05, 3.63) is 0 Å². The summed E-state index contributed by atoms with van der Waals surface area (Å²) in [5.41, 5.74) is 1.48. The van der Waals surface area contributed by atoms with Crippen LogP contribution in [0, 0.1) is 0 Å². The molecule has 0 aliphatic heterocycles. The molecule has 0 radical (unpaired) electrons. The molecule has 1 atom stereocenters. The molecule has 0 rings (SSSR count). The van der Waals surface area contributed by atoms with Gasteiger partial charge in [0.05, 0.1) is 0 Å². The van der Waals surface area contributed by atoms with E-state index in [1.165, 1.54) is 5.67 Å². The van der Waals surface area contributed by atoms with Gasteiger partial charge in [0.2, 0.25) is 0 Å². The lowest BCUT2D eigenvalue weighted by atomic mass is 11.8. The molecule has 0 aliphatic rings. The summed E-state index contributed by atoms with van der Waals surface area (Å²) in [7, 11) is -1.73. The first-order valence-corrected chi connectivity index (χ1v) is 12.5. The molecule has 10 heavy (non-hydrogen) atoms. The minimum Gasteiger partial charge on any atom is -0.461 e. The third-order valence-electron chi connectivity index (χ3n) is 1.31. The Bertz CT molecular complexity index is 75.1. The van der Waals surface area contributed by atoms with E-state index in [0.717, 1.165) is 0 Å². The number of hydrogen-bond donors (Lipinski definition) is 0. The highest BCUT2D eigenvalue weighted by atomic mass is 28.4. The quantitative estimate of drug-likeness (QED) is 0.611. The standard InChI is InChI=1S/C6H20OSi3/c1-8(2)6-10(5)7-9(3)4/h8-10H,6H2,1-5H3. The van der Waals surface area contributed by atoms with Gasteiger partial charge in [0.1, 0.15) is 0 Å². The average molecular weight is 192 g/mol. The highest BCUT2D eigenvalue weighted by Crippen LogP contribution is 2.00. The lowest BCUT2D eigenvalue weighted by molar-refractivity contribution is 0.605. The molecule has 0 heterocycles. The van der Waals surface area contributed by atoms with Gasteiger partial charge in [0.25, 0.3) is 0 Å². The van der Waals surface area contributed by atoms with Gasteiger partial charge in [0, 0.05) is 8.80 Å². The van der Waals surface area contributed by atoms with Crippen LogP contribution >= 0.6 is 0 Å². The molecule has 0 saturated heterocycles. The van der Waals surface area contributed by atoms with E-state index in [4.69, 9.17) is 4.12 Å². The van der Waals surface area contributed by atoms with E-state index < -0.39 is 18.1 Å². The van der Waals surface area contributed by atoms with Crippen molar-refractivity contribution in [3.63, 3.8) is 0 Å². The zero-order chi connectivity index (χ0) is 8.15. The van der Waals surface area contributed by atoms with E-state index in [9.17, 15) is 0 Å². The van der Waals surface area contributed by atoms with Crippen molar-refractivity contribution in [3.8, 4) is 0 Å². The molecule has 4 heteroatoms. The summed E-state index contributed by atoms with van der Waals surface area (Å²) in [5.74, 6) is 0. The summed E-state index contributed by atoms with van der Waals surface area (Å²) in [6.07, 6.45) is 0. The Morgan fingerprint density at radius 1 is 1.00 bits per heavy atom. The van der Waals surface area contributed by atoms with Crippen LogP contribution in [-0.4, -0.2) is 26.9 Å². The largest absolute Gasteiger partial charge is 0.461 e. The Balaban J connectivity index is 3.34. The van der Waals surface area contributed by atoms with Crippen LogP contribution in [0.2, 0.25) is 38.4 Å². The maximum absolute atomic E-state index is 5.87. The Morgan fingerprint density at radius 3 is 1.80 bits per heavy atom. The summed E-state index contributed by atoms with van der Waals surface area (Å²) >= 11 is 0. The molecule has 1 unspecified atom stereocenters. The Hall–Kier alpha value is 0.611. The van der Waals surface area contributed by atoms with Gasteiger partial charge in [-0.15, -0.1) is 0 Å². The molecule has 0 bridgehead atoms. The van der Waals surface area contributed by atoms with Crippen LogP contribution in [0.3, 0.4) is 0 Å². The summed E-state index contributed by atoms with van der Waals surface area (Å²) in [4.78, 5) is 0. The van der Waals surface area contributed by atoms with E-state index in [1.54, 1.807) is 0 Å². The van der Waals surface area contributed by atoms with E-state index in [-0.39, 0.29) is 8.80 Å². The Labute approximate surface area is 69.9 Å². The molecule has 62 valence electrons. The summed E-state index contributed by atoms with van der Waals surface area (Å²) in [6.45, 7) is 11.7. The Kier molecular flexibility index (Phi) is 5.61. The number of hydrogen-bond acceptors (Lipinski definition) is 1. The van der Waals surface area contributed by atoms with Crippen molar-refractivity contribution < 1.29 is 4.12 Å². The second-order valence-corrected chi connectivity index (χ2v) is 13.1. The fourth-order valence-corrected chi connectivity index (χ4v) is 11.7. The fraction of sp³-hybridized carbons (Fsp3) is 1.00. The van der Waals surface area contributed by atoms with Crippen LogP contribution in [-0.2, 0) is 4.12 Å². The minimum absolute atomic E-state index is 0.328. The first kappa shape index (κ1) is 10.6. The topological polar surface area (TPSA) is 9.23 Å². The highest BCUT2D eigenvalue weighted by Gasteiger charge is 2.09. The van der Waals surface area contributed by atoms with E-state index in [1.807, 2.05) is 0 Å². The van der Waals surface area contributed by atoms with E-state index >= 15 is 0 Å². The Morgan fingerprint density at radius 2 is 1.50 bits per heavy atom. The molecular formula is C6H20OSi3. The third kappa shape index (κ3) is 6.73. The van der Waals surface area contributed by atoms with E-state index in [0.29, 0.717) is 0 Å². The maximum atomic E-state index is 5.87. The monoisotopic (exact) mass is 192 g/mol. The second kappa shape index (κ2) is 5.29. The highest BCUT2D eigenvalue weighted by molar-refractivity contribution is 6.76. The normalized spacial score (nSPS) is 14.7. The van der Waals surface area contributed by atoms with Gasteiger partial charge in [0.15, 0.2) is 18.1 Å². The lowest BCUT2D eigenvalue weighted by Gasteiger charge is -2.15. The van der Waals surface area contributed by atoms with Gasteiger partial charge < -0.3 is 4.12 Å². The number of rotatable bonds is 4. The van der Waals surface area contributed by atoms with Gasteiger partial charge in [-0.2, -0.15) is 0 Å². The molecule has 0 aromatic heterocycles. The molecule has 0 N–H and O–H groups in total. The zero-order valence-electron chi connectivity index (χ0n) is 7.85. The van der Waals surface area contributed by atoms with Crippen LogP contribution in [0.15, 0.2) is 0 Å². The molecule has 0 amide bonds. The molecule has 0 aliphatic carbocycles. The second-order valence-electron chi connectivity index (χ2n) is 3.63. The van der Waals surface area contributed by atoms with Gasteiger partial charge in [-0.05, 0) is 25.3 Å². The molecule has 0 saturated carbocycles. The van der Waals surface area contributed by atoms with Crippen LogP contribution < -0.4 is 0 Å². The summed E-state index contributed by atoms with van der Waals surface area (Å²) in [6, 6.07) is 0. The predicted molar refractivity (Wildman–Crippen MR) is 56.7 cm³/mol. The maximum Gasteiger partial charge on any atom is 0.156 e. The molecule has 0 aromatic rings. The third-order valence-corrected chi connectivity index (χ3v) is 11.8. The fourth-order valence-electron chi connectivity index (χ4n) is 1.18. The predicted octanol–water partition coefficient (Wildman–Crippen LogP) is 1.37. The van der Waals surface area contributed by atoms with Crippen molar-refractivity contribution >= 4 is 26.9 Å². The van der Waals surface area contributed by atoms with Crippen molar-refractivity contribution in [1.82, 2.24) is 0 Å². The van der Waals surface area contributed by atoms with Gasteiger partial charge in [-0.1, -0.05) is 13.1 Å². The van der Waals surface area contributed by atoms with E-state index in [2.05, 4.69) is 32.7 Å². The lowest BCUT2D eigenvalue weighted by Crippen LogP contribution is -2.25. The molecule has 0 spiro atoms. The molecule has 1 nitrogen and oxygen atoms in total. The van der Waals surface area contributed by atoms with Crippen molar-refractivity contribution in [2.75, 3.05) is 0 Å². The van der Waals surface area contributed by atoms with Crippen molar-refractivity contribution in [2.24, 2.45) is 0 Å². The van der Waals surface area contributed by atoms with Crippen LogP contribution in [0.25, 0.3) is 0 Å². The van der Waals surface area contributed by atoms with Crippen molar-refractivity contribution in [2.45, 2.75) is 38.4 Å². The SMILES string of the molecule is C[SiH](C)C[SiH](C)O[SiH](C)C. The van der Waals surface area contributed by atoms with Crippen molar-refractivity contribution in [1.29, 1.82) is 0 Å². The van der Waals surface area contributed by atoms with Gasteiger partial charge in [-0.3, -0.25) is 0 Å². The smallest absolute Gasteiger partial charge is 0.156 e. The molecule has 0 aromatic carbocycles. The van der Waals surface area contributed by atoms with Crippen LogP contribution in [0.5, 0.6) is 0 Å². The molecular weight excluding hydrogens is 172 g/mol. The summed E-state index contributed by atoms with van der Waals surface area (Å²) in [5, 5.41) is 0. The first-order chi connectivity index (χ1) is 4.52. The van der Waals surface area contributed by atoms with Crippen LogP contribution in [0.4, 0.5) is 0 Å². The van der Waals surface area contributed by atoms with Gasteiger partial charge >= 0.3 is 0 Å². The van der Waals surface area contributed by atoms with Gasteiger partial charge in [-0.25, -0.2) is 0 Å². The zero-order valence-corrected chi connectivity index (χ0v) is 11.3. The molecule has 0 fully saturated rings. The first-order valence-electron chi connectivity index (χ1n) is 4.17. The average Bonchev–Trinajstić information content (AvgIpc) is 1.58. The van der Waals surface area contributed by atoms with Crippen LogP contribution in [0.1, 0.15) is 0 Å². The summed E-state index contributed by atoms with van der Waals surface area (Å²) < 4.78 is 5.87.